The second kappa shape index (κ2) is 5.33. The predicted molar refractivity (Wildman–Crippen MR) is 75.5 cm³/mol. The maximum atomic E-state index is 11.9. The minimum Gasteiger partial charge on any atom is -0.358 e. The number of nitrogens with zero attached hydrogens (tertiary/aromatic N) is 3. The summed E-state index contributed by atoms with van der Waals surface area (Å²) < 4.78 is 0. The number of carbonyl (C=O) groups excluding carboxylic acids is 1. The van der Waals surface area contributed by atoms with Crippen molar-refractivity contribution in [2.24, 2.45) is 0 Å². The number of anilines is 1. The molecule has 1 saturated heterocycles. The van der Waals surface area contributed by atoms with Crippen LogP contribution in [0.3, 0.4) is 0 Å². The summed E-state index contributed by atoms with van der Waals surface area (Å²) in [4.78, 5) is 22.4. The number of nitrogens with one attached hydrogen (secondary N) is 1. The quantitative estimate of drug-likeness (QED) is 0.864. The van der Waals surface area contributed by atoms with Gasteiger partial charge in [-0.1, -0.05) is 25.4 Å². The Kier molecular flexibility index (Phi) is 3.94. The van der Waals surface area contributed by atoms with E-state index in [-0.39, 0.29) is 17.9 Å². The fourth-order valence-electron chi connectivity index (χ4n) is 2.03. The molecule has 5 nitrogen and oxygen atoms in total. The van der Waals surface area contributed by atoms with E-state index >= 15 is 0 Å². The first-order valence-electron chi connectivity index (χ1n) is 6.45. The molecule has 0 saturated carbocycles. The van der Waals surface area contributed by atoms with Crippen LogP contribution in [0.4, 0.5) is 5.82 Å². The maximum absolute atomic E-state index is 11.9. The molecule has 104 valence electrons. The topological polar surface area (TPSA) is 58.1 Å². The van der Waals surface area contributed by atoms with Gasteiger partial charge in [0.05, 0.1) is 0 Å². The summed E-state index contributed by atoms with van der Waals surface area (Å²) in [6.07, 6.45) is 0.785. The summed E-state index contributed by atoms with van der Waals surface area (Å²) in [7, 11) is 1.81. The van der Waals surface area contributed by atoms with E-state index in [0.717, 1.165) is 18.5 Å². The molecule has 0 spiro atoms. The number of carbonyl (C=O) groups is 1. The Balaban J connectivity index is 2.27. The van der Waals surface area contributed by atoms with E-state index in [0.29, 0.717) is 16.8 Å². The average molecular weight is 283 g/mol. The third-order valence-electron chi connectivity index (χ3n) is 3.36. The highest BCUT2D eigenvalue weighted by atomic mass is 35.5. The van der Waals surface area contributed by atoms with Gasteiger partial charge in [-0.2, -0.15) is 0 Å². The van der Waals surface area contributed by atoms with Gasteiger partial charge in [0.2, 0.25) is 5.91 Å². The molecule has 1 aromatic rings. The normalized spacial score (nSPS) is 19.4. The highest BCUT2D eigenvalue weighted by Gasteiger charge is 2.29. The van der Waals surface area contributed by atoms with Gasteiger partial charge in [0.25, 0.3) is 0 Å². The van der Waals surface area contributed by atoms with E-state index in [1.54, 1.807) is 4.90 Å². The van der Waals surface area contributed by atoms with Crippen molar-refractivity contribution in [3.63, 3.8) is 0 Å². The summed E-state index contributed by atoms with van der Waals surface area (Å²) in [6.45, 7) is 6.65. The van der Waals surface area contributed by atoms with Gasteiger partial charge in [-0.25, -0.2) is 9.97 Å². The van der Waals surface area contributed by atoms with E-state index in [2.05, 4.69) is 15.3 Å². The minimum atomic E-state index is -0.213. The van der Waals surface area contributed by atoms with Crippen molar-refractivity contribution in [1.82, 2.24) is 14.9 Å². The van der Waals surface area contributed by atoms with Crippen LogP contribution in [0, 0.1) is 6.92 Å². The Bertz CT molecular complexity index is 504. The molecule has 2 rings (SSSR count). The first-order valence-corrected chi connectivity index (χ1v) is 6.83. The number of hydrogen-bond donors (Lipinski definition) is 1. The number of halogens is 1. The molecule has 1 aliphatic heterocycles. The van der Waals surface area contributed by atoms with Gasteiger partial charge in [-0.05, 0) is 13.3 Å². The van der Waals surface area contributed by atoms with Crippen molar-refractivity contribution in [3.8, 4) is 0 Å². The lowest BCUT2D eigenvalue weighted by molar-refractivity contribution is -0.127. The van der Waals surface area contributed by atoms with E-state index < -0.39 is 0 Å². The molecule has 1 N–H and O–H groups in total. The molecule has 1 fully saturated rings. The van der Waals surface area contributed by atoms with Crippen molar-refractivity contribution in [1.29, 1.82) is 0 Å². The summed E-state index contributed by atoms with van der Waals surface area (Å²) >= 11 is 6.13. The lowest BCUT2D eigenvalue weighted by atomic mass is 10.2. The first kappa shape index (κ1) is 14.1. The summed E-state index contributed by atoms with van der Waals surface area (Å²) in [5, 5.41) is 3.64. The zero-order valence-electron chi connectivity index (χ0n) is 11.7. The van der Waals surface area contributed by atoms with Gasteiger partial charge in [-0.15, -0.1) is 0 Å². The zero-order valence-corrected chi connectivity index (χ0v) is 12.5. The van der Waals surface area contributed by atoms with Crippen LogP contribution in [0.1, 0.15) is 37.6 Å². The zero-order chi connectivity index (χ0) is 14.2. The van der Waals surface area contributed by atoms with Gasteiger partial charge < -0.3 is 10.2 Å². The summed E-state index contributed by atoms with van der Waals surface area (Å²) in [5.41, 5.74) is 0.786. The van der Waals surface area contributed by atoms with E-state index in [9.17, 15) is 4.79 Å². The lowest BCUT2D eigenvalue weighted by Gasteiger charge is -2.16. The smallest absolute Gasteiger partial charge is 0.244 e. The van der Waals surface area contributed by atoms with Crippen molar-refractivity contribution >= 4 is 23.3 Å². The number of rotatable bonds is 3. The standard InChI is InChI=1S/C13H19ClN4O/c1-7(2)11-16-10(14)8(3)12(17-11)15-9-5-6-18(4)13(9)19/h7,9H,5-6H2,1-4H3,(H,15,16,17). The first-order chi connectivity index (χ1) is 8.90. The van der Waals surface area contributed by atoms with E-state index in [4.69, 9.17) is 11.6 Å². The number of amides is 1. The fraction of sp³-hybridized carbons (Fsp3) is 0.615. The van der Waals surface area contributed by atoms with Gasteiger partial charge in [-0.3, -0.25) is 4.79 Å². The van der Waals surface area contributed by atoms with E-state index in [1.165, 1.54) is 0 Å². The minimum absolute atomic E-state index is 0.0974. The van der Waals surface area contributed by atoms with Crippen LogP contribution in [-0.2, 0) is 4.79 Å². The van der Waals surface area contributed by atoms with Crippen molar-refractivity contribution in [2.75, 3.05) is 18.9 Å². The average Bonchev–Trinajstić information content (AvgIpc) is 2.66. The van der Waals surface area contributed by atoms with Crippen molar-refractivity contribution < 1.29 is 4.79 Å². The Morgan fingerprint density at radius 3 is 2.63 bits per heavy atom. The highest BCUT2D eigenvalue weighted by Crippen LogP contribution is 2.25. The molecule has 19 heavy (non-hydrogen) atoms. The monoisotopic (exact) mass is 282 g/mol. The molecular weight excluding hydrogens is 264 g/mol. The van der Waals surface area contributed by atoms with Crippen LogP contribution in [0.2, 0.25) is 5.15 Å². The Morgan fingerprint density at radius 2 is 2.11 bits per heavy atom. The molecule has 1 aliphatic rings. The third-order valence-corrected chi connectivity index (χ3v) is 3.73. The molecule has 1 amide bonds. The molecule has 0 radical (unpaired) electrons. The highest BCUT2D eigenvalue weighted by molar-refractivity contribution is 6.30. The van der Waals surface area contributed by atoms with Crippen molar-refractivity contribution in [2.45, 2.75) is 39.2 Å². The van der Waals surface area contributed by atoms with Crippen LogP contribution < -0.4 is 5.32 Å². The van der Waals surface area contributed by atoms with Gasteiger partial charge >= 0.3 is 0 Å². The largest absolute Gasteiger partial charge is 0.358 e. The van der Waals surface area contributed by atoms with Crippen LogP contribution in [0.15, 0.2) is 0 Å². The lowest BCUT2D eigenvalue weighted by Crippen LogP contribution is -2.31. The molecule has 1 aromatic heterocycles. The molecular formula is C13H19ClN4O. The molecule has 1 unspecified atom stereocenters. The number of hydrogen-bond acceptors (Lipinski definition) is 4. The van der Waals surface area contributed by atoms with Crippen molar-refractivity contribution in [3.05, 3.63) is 16.5 Å². The second-order valence-electron chi connectivity index (χ2n) is 5.25. The Hall–Kier alpha value is -1.36. The number of likely N-dealkylation sites (tertiary alicyclic amines) is 1. The molecule has 0 aliphatic carbocycles. The SMILES string of the molecule is Cc1c(Cl)nc(C(C)C)nc1NC1CCN(C)C1=O. The van der Waals surface area contributed by atoms with Crippen LogP contribution in [-0.4, -0.2) is 40.4 Å². The molecule has 0 aromatic carbocycles. The second-order valence-corrected chi connectivity index (χ2v) is 5.60. The summed E-state index contributed by atoms with van der Waals surface area (Å²) in [6, 6.07) is -0.213. The maximum Gasteiger partial charge on any atom is 0.244 e. The molecule has 0 bridgehead atoms. The van der Waals surface area contributed by atoms with Gasteiger partial charge in [0.1, 0.15) is 22.8 Å². The molecule has 1 atom stereocenters. The number of aromatic nitrogens is 2. The van der Waals surface area contributed by atoms with Gasteiger partial charge in [0.15, 0.2) is 0 Å². The fourth-order valence-corrected chi connectivity index (χ4v) is 2.20. The van der Waals surface area contributed by atoms with Gasteiger partial charge in [0, 0.05) is 25.1 Å². The van der Waals surface area contributed by atoms with Crippen LogP contribution in [0.5, 0.6) is 0 Å². The Morgan fingerprint density at radius 1 is 1.42 bits per heavy atom. The van der Waals surface area contributed by atoms with Crippen LogP contribution >= 0.6 is 11.6 Å². The van der Waals surface area contributed by atoms with E-state index in [1.807, 2.05) is 27.8 Å². The summed E-state index contributed by atoms with van der Waals surface area (Å²) in [5.74, 6) is 1.65. The number of likely N-dealkylation sites (N-methyl/N-ethyl adjacent to an activating group) is 1. The molecule has 2 heterocycles. The van der Waals surface area contributed by atoms with Crippen LogP contribution in [0.25, 0.3) is 0 Å². The predicted octanol–water partition coefficient (Wildman–Crippen LogP) is 2.20. The molecule has 6 heteroatoms. The third kappa shape index (κ3) is 2.81. The Labute approximate surface area is 118 Å².